The topological polar surface area (TPSA) is 12.9 Å². The van der Waals surface area contributed by atoms with Crippen LogP contribution in [0.25, 0.3) is 23.1 Å². The molecule has 4 rings (SSSR count). The molecule has 0 unspecified atom stereocenters. The SMILES string of the molecule is C1=C\C=C/c2nc3ccc4c(c3cc2\C=C/1)C4. The Morgan fingerprint density at radius 1 is 0.941 bits per heavy atom. The zero-order chi connectivity index (χ0) is 11.2. The molecule has 1 heteroatoms. The Hall–Kier alpha value is -2.15. The average molecular weight is 217 g/mol. The average Bonchev–Trinajstić information content (AvgIpc) is 3.08. The lowest BCUT2D eigenvalue weighted by atomic mass is 10.1. The molecule has 0 bridgehead atoms. The largest absolute Gasteiger partial charge is 0.248 e. The Labute approximate surface area is 99.8 Å². The molecule has 1 aromatic carbocycles. The first kappa shape index (κ1) is 8.94. The summed E-state index contributed by atoms with van der Waals surface area (Å²) in [6.07, 6.45) is 13.5. The number of rotatable bonds is 0. The van der Waals surface area contributed by atoms with Crippen molar-refractivity contribution in [1.82, 2.24) is 4.98 Å². The van der Waals surface area contributed by atoms with E-state index in [1.54, 1.807) is 0 Å². The fourth-order valence-electron chi connectivity index (χ4n) is 2.38. The van der Waals surface area contributed by atoms with Crippen molar-refractivity contribution in [1.29, 1.82) is 0 Å². The lowest BCUT2D eigenvalue weighted by Gasteiger charge is -2.04. The highest BCUT2D eigenvalue weighted by Crippen LogP contribution is 2.35. The molecule has 2 aliphatic rings. The highest BCUT2D eigenvalue weighted by atomic mass is 14.7. The van der Waals surface area contributed by atoms with Gasteiger partial charge in [0.15, 0.2) is 0 Å². The Kier molecular flexibility index (Phi) is 1.67. The lowest BCUT2D eigenvalue weighted by Crippen LogP contribution is -1.89. The molecule has 2 aromatic rings. The van der Waals surface area contributed by atoms with E-state index in [1.807, 2.05) is 18.2 Å². The zero-order valence-electron chi connectivity index (χ0n) is 9.35. The van der Waals surface area contributed by atoms with Crippen molar-refractivity contribution in [3.8, 4) is 0 Å². The lowest BCUT2D eigenvalue weighted by molar-refractivity contribution is 1.35. The quantitative estimate of drug-likeness (QED) is 0.559. The summed E-state index contributed by atoms with van der Waals surface area (Å²) in [6, 6.07) is 6.59. The van der Waals surface area contributed by atoms with Crippen LogP contribution in [-0.4, -0.2) is 4.98 Å². The van der Waals surface area contributed by atoms with E-state index in [-0.39, 0.29) is 0 Å². The fourth-order valence-corrected chi connectivity index (χ4v) is 2.38. The molecule has 0 fully saturated rings. The van der Waals surface area contributed by atoms with Crippen LogP contribution in [0, 0.1) is 0 Å². The summed E-state index contributed by atoms with van der Waals surface area (Å²) >= 11 is 0. The van der Waals surface area contributed by atoms with Crippen LogP contribution in [0.1, 0.15) is 22.4 Å². The summed E-state index contributed by atoms with van der Waals surface area (Å²) in [5.41, 5.74) is 6.33. The number of nitrogens with zero attached hydrogens (tertiary/aromatic N) is 1. The van der Waals surface area contributed by atoms with Gasteiger partial charge in [0.25, 0.3) is 0 Å². The van der Waals surface area contributed by atoms with Crippen molar-refractivity contribution in [2.45, 2.75) is 6.42 Å². The highest BCUT2D eigenvalue weighted by molar-refractivity contribution is 5.91. The van der Waals surface area contributed by atoms with Crippen LogP contribution in [0.3, 0.4) is 0 Å². The van der Waals surface area contributed by atoms with Crippen molar-refractivity contribution in [2.75, 3.05) is 0 Å². The van der Waals surface area contributed by atoms with E-state index in [4.69, 9.17) is 4.98 Å². The molecule has 0 amide bonds. The molecule has 0 aliphatic heterocycles. The van der Waals surface area contributed by atoms with Crippen LogP contribution in [0.2, 0.25) is 0 Å². The molecule has 0 N–H and O–H groups in total. The molecule has 0 atom stereocenters. The highest BCUT2D eigenvalue weighted by Gasteiger charge is 2.20. The van der Waals surface area contributed by atoms with Crippen LogP contribution in [0.4, 0.5) is 0 Å². The maximum atomic E-state index is 4.74. The fraction of sp³-hybridized carbons (Fsp3) is 0.0625. The van der Waals surface area contributed by atoms with E-state index >= 15 is 0 Å². The van der Waals surface area contributed by atoms with Crippen LogP contribution in [0.15, 0.2) is 42.5 Å². The van der Waals surface area contributed by atoms with Gasteiger partial charge in [0, 0.05) is 10.9 Å². The van der Waals surface area contributed by atoms with Crippen molar-refractivity contribution < 1.29 is 0 Å². The maximum absolute atomic E-state index is 4.74. The normalized spacial score (nSPS) is 20.9. The van der Waals surface area contributed by atoms with E-state index in [2.05, 4.69) is 36.4 Å². The first-order valence-corrected chi connectivity index (χ1v) is 5.89. The van der Waals surface area contributed by atoms with Gasteiger partial charge in [-0.2, -0.15) is 0 Å². The molecule has 0 spiro atoms. The molecule has 17 heavy (non-hydrogen) atoms. The van der Waals surface area contributed by atoms with Crippen LogP contribution in [0.5, 0.6) is 0 Å². The van der Waals surface area contributed by atoms with E-state index in [0.717, 1.165) is 17.6 Å². The molecule has 2 aliphatic carbocycles. The molecular weight excluding hydrogens is 206 g/mol. The van der Waals surface area contributed by atoms with Gasteiger partial charge < -0.3 is 0 Å². The first-order valence-electron chi connectivity index (χ1n) is 5.89. The zero-order valence-corrected chi connectivity index (χ0v) is 9.35. The molecule has 0 radical (unpaired) electrons. The standard InChI is InChI=1S/C16H11N/c1-2-4-6-15-12(5-3-1)10-14-13-9-11(13)7-8-16(14)17-15/h1-8,10H,9H2/b2-1-,3-1?,4-2?,5-3-,6-4-,12-5?,15-6?. The Morgan fingerprint density at radius 3 is 2.76 bits per heavy atom. The Bertz CT molecular complexity index is 718. The predicted molar refractivity (Wildman–Crippen MR) is 71.8 cm³/mol. The third kappa shape index (κ3) is 1.36. The van der Waals surface area contributed by atoms with E-state index in [0.29, 0.717) is 0 Å². The van der Waals surface area contributed by atoms with Crippen molar-refractivity contribution >= 4 is 23.1 Å². The molecule has 0 saturated carbocycles. The number of allylic oxidation sites excluding steroid dienone is 4. The molecule has 1 heterocycles. The minimum absolute atomic E-state index is 1.05. The van der Waals surface area contributed by atoms with Gasteiger partial charge >= 0.3 is 0 Å². The van der Waals surface area contributed by atoms with Gasteiger partial charge in [-0.25, -0.2) is 4.98 Å². The number of hydrogen-bond acceptors (Lipinski definition) is 1. The Morgan fingerprint density at radius 2 is 1.82 bits per heavy atom. The minimum Gasteiger partial charge on any atom is -0.248 e. The summed E-state index contributed by atoms with van der Waals surface area (Å²) in [4.78, 5) is 4.74. The second-order valence-corrected chi connectivity index (χ2v) is 4.51. The minimum atomic E-state index is 1.05. The van der Waals surface area contributed by atoms with Crippen LogP contribution >= 0.6 is 0 Å². The summed E-state index contributed by atoms with van der Waals surface area (Å²) in [6.45, 7) is 0. The third-order valence-electron chi connectivity index (χ3n) is 3.37. The second kappa shape index (κ2) is 3.17. The van der Waals surface area contributed by atoms with Gasteiger partial charge in [-0.05, 0) is 35.8 Å². The van der Waals surface area contributed by atoms with E-state index in [1.165, 1.54) is 22.1 Å². The van der Waals surface area contributed by atoms with Gasteiger partial charge in [-0.1, -0.05) is 36.4 Å². The summed E-state index contributed by atoms with van der Waals surface area (Å²) in [5, 5.41) is 1.32. The number of aromatic nitrogens is 1. The van der Waals surface area contributed by atoms with E-state index < -0.39 is 0 Å². The van der Waals surface area contributed by atoms with Gasteiger partial charge in [0.1, 0.15) is 0 Å². The third-order valence-corrected chi connectivity index (χ3v) is 3.37. The van der Waals surface area contributed by atoms with Crippen LogP contribution in [-0.2, 0) is 6.42 Å². The number of pyridine rings is 1. The summed E-state index contributed by atoms with van der Waals surface area (Å²) in [5.74, 6) is 0. The van der Waals surface area contributed by atoms with Gasteiger partial charge in [-0.15, -0.1) is 0 Å². The number of hydrogen-bond donors (Lipinski definition) is 0. The molecule has 1 aromatic heterocycles. The number of fused-ring (bicyclic) bond motifs is 4. The van der Waals surface area contributed by atoms with E-state index in [9.17, 15) is 0 Å². The van der Waals surface area contributed by atoms with Crippen molar-refractivity contribution in [3.05, 3.63) is 64.9 Å². The molecular formula is C16H11N. The molecule has 80 valence electrons. The monoisotopic (exact) mass is 217 g/mol. The van der Waals surface area contributed by atoms with Gasteiger partial charge in [0.2, 0.25) is 0 Å². The first-order chi connectivity index (χ1) is 8.42. The van der Waals surface area contributed by atoms with Gasteiger partial charge in [0.05, 0.1) is 11.2 Å². The maximum Gasteiger partial charge on any atom is 0.0712 e. The molecule has 1 nitrogen and oxygen atoms in total. The van der Waals surface area contributed by atoms with Crippen molar-refractivity contribution in [3.63, 3.8) is 0 Å². The molecule has 0 saturated heterocycles. The smallest absolute Gasteiger partial charge is 0.0712 e. The van der Waals surface area contributed by atoms with Crippen LogP contribution < -0.4 is 0 Å². The van der Waals surface area contributed by atoms with Crippen molar-refractivity contribution in [2.24, 2.45) is 0 Å². The van der Waals surface area contributed by atoms with Gasteiger partial charge in [-0.3, -0.25) is 0 Å². The number of benzene rings is 1. The predicted octanol–water partition coefficient (Wildman–Crippen LogP) is 3.74. The summed E-state index contributed by atoms with van der Waals surface area (Å²) < 4.78 is 0. The Balaban J connectivity index is 2.06. The summed E-state index contributed by atoms with van der Waals surface area (Å²) in [7, 11) is 0. The second-order valence-electron chi connectivity index (χ2n) is 4.51.